The summed E-state index contributed by atoms with van der Waals surface area (Å²) in [5.41, 5.74) is 5.46. The van der Waals surface area contributed by atoms with Crippen LogP contribution in [0.1, 0.15) is 17.0 Å². The van der Waals surface area contributed by atoms with E-state index in [1.54, 1.807) is 0 Å². The summed E-state index contributed by atoms with van der Waals surface area (Å²) in [6.45, 7) is 4.87. The molecule has 4 aromatic rings. The van der Waals surface area contributed by atoms with Crippen molar-refractivity contribution in [3.05, 3.63) is 70.6 Å². The maximum Gasteiger partial charge on any atom is 0.140 e. The second-order valence-corrected chi connectivity index (χ2v) is 6.45. The van der Waals surface area contributed by atoms with Crippen molar-refractivity contribution in [2.75, 3.05) is 0 Å². The Morgan fingerprint density at radius 3 is 2.67 bits per heavy atom. The summed E-state index contributed by atoms with van der Waals surface area (Å²) < 4.78 is 2.22. The molecule has 1 N–H and O–H groups in total. The number of H-pyrrole nitrogens is 1. The highest BCUT2D eigenvalue weighted by molar-refractivity contribution is 6.30. The first-order valence-corrected chi connectivity index (χ1v) is 8.21. The van der Waals surface area contributed by atoms with Gasteiger partial charge in [-0.1, -0.05) is 23.7 Å². The zero-order valence-corrected chi connectivity index (χ0v) is 14.3. The highest BCUT2D eigenvalue weighted by Crippen LogP contribution is 2.26. The molecule has 2 aromatic heterocycles. The van der Waals surface area contributed by atoms with E-state index in [0.717, 1.165) is 45.2 Å². The largest absolute Gasteiger partial charge is 0.324 e. The van der Waals surface area contributed by atoms with Gasteiger partial charge in [0.15, 0.2) is 0 Å². The van der Waals surface area contributed by atoms with E-state index in [2.05, 4.69) is 50.9 Å². The maximum atomic E-state index is 5.98. The van der Waals surface area contributed by atoms with E-state index in [9.17, 15) is 0 Å². The molecule has 5 heteroatoms. The molecule has 120 valence electrons. The molecule has 0 amide bonds. The molecule has 0 saturated carbocycles. The summed E-state index contributed by atoms with van der Waals surface area (Å²) in [7, 11) is 0. The van der Waals surface area contributed by atoms with Crippen molar-refractivity contribution in [2.45, 2.75) is 20.4 Å². The Labute approximate surface area is 145 Å². The number of aryl methyl sites for hydroxylation is 2. The van der Waals surface area contributed by atoms with E-state index in [4.69, 9.17) is 11.6 Å². The molecule has 4 rings (SSSR count). The molecule has 0 saturated heterocycles. The Kier molecular flexibility index (Phi) is 3.62. The first kappa shape index (κ1) is 15.0. The molecular formula is C19H17ClN4. The van der Waals surface area contributed by atoms with Gasteiger partial charge in [0, 0.05) is 40.1 Å². The van der Waals surface area contributed by atoms with Gasteiger partial charge in [-0.25, -0.2) is 4.98 Å². The van der Waals surface area contributed by atoms with Crippen LogP contribution >= 0.6 is 11.6 Å². The number of halogens is 1. The van der Waals surface area contributed by atoms with Crippen molar-refractivity contribution >= 4 is 22.5 Å². The smallest absolute Gasteiger partial charge is 0.140 e. The van der Waals surface area contributed by atoms with Gasteiger partial charge in [0.25, 0.3) is 0 Å². The van der Waals surface area contributed by atoms with Gasteiger partial charge < -0.3 is 4.57 Å². The van der Waals surface area contributed by atoms with Crippen LogP contribution in [0, 0.1) is 13.8 Å². The van der Waals surface area contributed by atoms with Crippen LogP contribution in [0.3, 0.4) is 0 Å². The molecule has 0 unspecified atom stereocenters. The monoisotopic (exact) mass is 336 g/mol. The predicted octanol–water partition coefficient (Wildman–Crippen LogP) is 4.74. The van der Waals surface area contributed by atoms with Crippen molar-refractivity contribution < 1.29 is 0 Å². The fourth-order valence-electron chi connectivity index (χ4n) is 2.94. The highest BCUT2D eigenvalue weighted by atomic mass is 35.5. The van der Waals surface area contributed by atoms with Crippen molar-refractivity contribution in [1.82, 2.24) is 19.7 Å². The van der Waals surface area contributed by atoms with E-state index < -0.39 is 0 Å². The van der Waals surface area contributed by atoms with Crippen molar-refractivity contribution in [1.29, 1.82) is 0 Å². The van der Waals surface area contributed by atoms with Crippen LogP contribution in [0.15, 0.2) is 48.7 Å². The second kappa shape index (κ2) is 5.80. The van der Waals surface area contributed by atoms with Crippen LogP contribution in [0.4, 0.5) is 0 Å². The Hall–Kier alpha value is -2.59. The standard InChI is InChI=1S/C19H17ClN4/c1-12-10-21-19(24(12)11-14-3-6-16(20)7-4-14)15-5-8-18-17(9-15)13(2)22-23-18/h3-10H,11H2,1-2H3,(H,22,23). The van der Waals surface area contributed by atoms with E-state index >= 15 is 0 Å². The Morgan fingerprint density at radius 2 is 1.88 bits per heavy atom. The van der Waals surface area contributed by atoms with Crippen molar-refractivity contribution in [3.8, 4) is 11.4 Å². The molecule has 2 aromatic carbocycles. The first-order chi connectivity index (χ1) is 11.6. The molecular weight excluding hydrogens is 320 g/mol. The van der Waals surface area contributed by atoms with Gasteiger partial charge in [-0.3, -0.25) is 5.10 Å². The van der Waals surface area contributed by atoms with Crippen molar-refractivity contribution in [3.63, 3.8) is 0 Å². The number of rotatable bonds is 3. The third-order valence-electron chi connectivity index (χ3n) is 4.31. The van der Waals surface area contributed by atoms with Gasteiger partial charge in [0.1, 0.15) is 5.82 Å². The number of imidazole rings is 1. The molecule has 0 atom stereocenters. The number of aromatic amines is 1. The maximum absolute atomic E-state index is 5.98. The third kappa shape index (κ3) is 2.59. The molecule has 0 spiro atoms. The number of hydrogen-bond acceptors (Lipinski definition) is 2. The number of fused-ring (bicyclic) bond motifs is 1. The molecule has 0 aliphatic heterocycles. The molecule has 0 aliphatic carbocycles. The number of hydrogen-bond donors (Lipinski definition) is 1. The summed E-state index contributed by atoms with van der Waals surface area (Å²) >= 11 is 5.98. The van der Waals surface area contributed by atoms with Gasteiger partial charge in [0.2, 0.25) is 0 Å². The van der Waals surface area contributed by atoms with Crippen LogP contribution in [0.5, 0.6) is 0 Å². The number of benzene rings is 2. The topological polar surface area (TPSA) is 46.5 Å². The Morgan fingerprint density at radius 1 is 1.08 bits per heavy atom. The average molecular weight is 337 g/mol. The van der Waals surface area contributed by atoms with E-state index in [1.165, 1.54) is 5.56 Å². The second-order valence-electron chi connectivity index (χ2n) is 6.02. The summed E-state index contributed by atoms with van der Waals surface area (Å²) in [6, 6.07) is 14.2. The average Bonchev–Trinajstić information content (AvgIpc) is 3.13. The lowest BCUT2D eigenvalue weighted by molar-refractivity contribution is 0.779. The quantitative estimate of drug-likeness (QED) is 0.587. The fourth-order valence-corrected chi connectivity index (χ4v) is 3.07. The van der Waals surface area contributed by atoms with Crippen LogP contribution in [0.25, 0.3) is 22.3 Å². The Bertz CT molecular complexity index is 1010. The molecule has 4 nitrogen and oxygen atoms in total. The molecule has 2 heterocycles. The zero-order chi connectivity index (χ0) is 16.7. The lowest BCUT2D eigenvalue weighted by atomic mass is 10.1. The molecule has 0 bridgehead atoms. The van der Waals surface area contributed by atoms with E-state index in [1.807, 2.05) is 31.3 Å². The molecule has 0 fully saturated rings. The minimum Gasteiger partial charge on any atom is -0.324 e. The van der Waals surface area contributed by atoms with Crippen LogP contribution in [-0.4, -0.2) is 19.7 Å². The predicted molar refractivity (Wildman–Crippen MR) is 97.3 cm³/mol. The molecule has 0 radical (unpaired) electrons. The lowest BCUT2D eigenvalue weighted by Gasteiger charge is -2.11. The highest BCUT2D eigenvalue weighted by Gasteiger charge is 2.12. The summed E-state index contributed by atoms with van der Waals surface area (Å²) in [5.74, 6) is 0.963. The van der Waals surface area contributed by atoms with E-state index in [0.29, 0.717) is 0 Å². The van der Waals surface area contributed by atoms with E-state index in [-0.39, 0.29) is 0 Å². The van der Waals surface area contributed by atoms with Gasteiger partial charge in [-0.15, -0.1) is 0 Å². The number of aromatic nitrogens is 4. The third-order valence-corrected chi connectivity index (χ3v) is 4.56. The minimum absolute atomic E-state index is 0.752. The normalized spacial score (nSPS) is 11.3. The van der Waals surface area contributed by atoms with Gasteiger partial charge in [-0.2, -0.15) is 5.10 Å². The van der Waals surface area contributed by atoms with Gasteiger partial charge in [-0.05, 0) is 49.7 Å². The Balaban J connectivity index is 1.77. The summed E-state index contributed by atoms with van der Waals surface area (Å²) in [6.07, 6.45) is 1.91. The van der Waals surface area contributed by atoms with Crippen LogP contribution < -0.4 is 0 Å². The number of nitrogens with one attached hydrogen (secondary N) is 1. The van der Waals surface area contributed by atoms with Crippen LogP contribution in [0.2, 0.25) is 5.02 Å². The van der Waals surface area contributed by atoms with Crippen LogP contribution in [-0.2, 0) is 6.54 Å². The van der Waals surface area contributed by atoms with Gasteiger partial charge in [0.05, 0.1) is 5.52 Å². The molecule has 24 heavy (non-hydrogen) atoms. The number of nitrogens with zero attached hydrogens (tertiary/aromatic N) is 3. The fraction of sp³-hybridized carbons (Fsp3) is 0.158. The minimum atomic E-state index is 0.752. The summed E-state index contributed by atoms with van der Waals surface area (Å²) in [5, 5.41) is 9.21. The van der Waals surface area contributed by atoms with Crippen molar-refractivity contribution in [2.24, 2.45) is 0 Å². The first-order valence-electron chi connectivity index (χ1n) is 7.83. The molecule has 0 aliphatic rings. The SMILES string of the molecule is Cc1[nH]nc2ccc(-c3ncc(C)n3Cc3ccc(Cl)cc3)cc12. The summed E-state index contributed by atoms with van der Waals surface area (Å²) in [4.78, 5) is 4.63. The zero-order valence-electron chi connectivity index (χ0n) is 13.5. The van der Waals surface area contributed by atoms with Gasteiger partial charge >= 0.3 is 0 Å². The lowest BCUT2D eigenvalue weighted by Crippen LogP contribution is -2.04.